The standard InChI is InChI=1S/C6H6O6/c7-3-5(9)11-1-2-12-6(10)4-8/h3-4H,1-2H2. The van der Waals surface area contributed by atoms with Gasteiger partial charge in [0.2, 0.25) is 12.6 Å². The molecule has 0 heterocycles. The highest BCUT2D eigenvalue weighted by atomic mass is 16.6. The maximum Gasteiger partial charge on any atom is 0.371 e. The van der Waals surface area contributed by atoms with E-state index in [0.29, 0.717) is 0 Å². The highest BCUT2D eigenvalue weighted by molar-refractivity contribution is 6.20. The molecule has 0 fully saturated rings. The number of esters is 2. The second-order valence-electron chi connectivity index (χ2n) is 1.57. The second-order valence-corrected chi connectivity index (χ2v) is 1.57. The number of carbonyl (C=O) groups is 4. The van der Waals surface area contributed by atoms with Crippen LogP contribution in [0.5, 0.6) is 0 Å². The zero-order valence-corrected chi connectivity index (χ0v) is 6.02. The molecule has 0 unspecified atom stereocenters. The minimum Gasteiger partial charge on any atom is -0.457 e. The van der Waals surface area contributed by atoms with Crippen molar-refractivity contribution in [3.63, 3.8) is 0 Å². The van der Waals surface area contributed by atoms with Crippen molar-refractivity contribution in [2.75, 3.05) is 13.2 Å². The Morgan fingerprint density at radius 2 is 1.25 bits per heavy atom. The van der Waals surface area contributed by atoms with Gasteiger partial charge in [-0.05, 0) is 0 Å². The molecule has 66 valence electrons. The molecule has 0 rings (SSSR count). The van der Waals surface area contributed by atoms with Crippen LogP contribution in [0.3, 0.4) is 0 Å². The summed E-state index contributed by atoms with van der Waals surface area (Å²) >= 11 is 0. The van der Waals surface area contributed by atoms with Crippen molar-refractivity contribution in [1.29, 1.82) is 0 Å². The van der Waals surface area contributed by atoms with Crippen molar-refractivity contribution in [2.45, 2.75) is 0 Å². The van der Waals surface area contributed by atoms with E-state index in [0.717, 1.165) is 0 Å². The third kappa shape index (κ3) is 5.10. The number of hydrogen-bond donors (Lipinski definition) is 0. The zero-order chi connectivity index (χ0) is 9.40. The van der Waals surface area contributed by atoms with Crippen LogP contribution in [0.25, 0.3) is 0 Å². The Bertz CT molecular complexity index is 174. The van der Waals surface area contributed by atoms with Crippen molar-refractivity contribution < 1.29 is 28.7 Å². The van der Waals surface area contributed by atoms with Crippen LogP contribution in [0.4, 0.5) is 0 Å². The molecule has 0 saturated carbocycles. The molecule has 0 bridgehead atoms. The summed E-state index contributed by atoms with van der Waals surface area (Å²) < 4.78 is 8.37. The third-order valence-corrected chi connectivity index (χ3v) is 0.764. The molecule has 0 spiro atoms. The molecule has 12 heavy (non-hydrogen) atoms. The first-order chi connectivity index (χ1) is 5.70. The molecule has 0 aromatic carbocycles. The molecule has 0 saturated heterocycles. The first kappa shape index (κ1) is 10.3. The predicted molar refractivity (Wildman–Crippen MR) is 34.0 cm³/mol. The maximum absolute atomic E-state index is 10.1. The SMILES string of the molecule is O=CC(=O)OCCOC(=O)C=O. The average molecular weight is 174 g/mol. The lowest BCUT2D eigenvalue weighted by Gasteiger charge is -1.99. The Balaban J connectivity index is 3.32. The molecule has 0 atom stereocenters. The van der Waals surface area contributed by atoms with Crippen molar-refractivity contribution >= 4 is 24.5 Å². The lowest BCUT2D eigenvalue weighted by Crippen LogP contribution is -2.14. The third-order valence-electron chi connectivity index (χ3n) is 0.764. The molecular formula is C6H6O6. The van der Waals surface area contributed by atoms with Gasteiger partial charge in [0.05, 0.1) is 0 Å². The Morgan fingerprint density at radius 1 is 0.917 bits per heavy atom. The van der Waals surface area contributed by atoms with Gasteiger partial charge in [-0.15, -0.1) is 0 Å². The molecular weight excluding hydrogens is 168 g/mol. The Kier molecular flexibility index (Phi) is 5.16. The van der Waals surface area contributed by atoms with Crippen molar-refractivity contribution in [1.82, 2.24) is 0 Å². The number of ether oxygens (including phenoxy) is 2. The minimum absolute atomic E-state index is 0.0124. The normalized spacial score (nSPS) is 8.33. The van der Waals surface area contributed by atoms with Crippen LogP contribution in [-0.2, 0) is 28.7 Å². The highest BCUT2D eigenvalue weighted by Crippen LogP contribution is 1.78. The van der Waals surface area contributed by atoms with E-state index in [4.69, 9.17) is 0 Å². The van der Waals surface area contributed by atoms with Gasteiger partial charge < -0.3 is 9.47 Å². The molecule has 0 aromatic heterocycles. The molecule has 6 nitrogen and oxygen atoms in total. The van der Waals surface area contributed by atoms with Gasteiger partial charge in [0, 0.05) is 0 Å². The minimum atomic E-state index is -1.04. The van der Waals surface area contributed by atoms with Gasteiger partial charge in [-0.2, -0.15) is 0 Å². The van der Waals surface area contributed by atoms with Crippen LogP contribution in [0.15, 0.2) is 0 Å². The summed E-state index contributed by atoms with van der Waals surface area (Å²) in [6, 6.07) is 0. The van der Waals surface area contributed by atoms with Crippen LogP contribution < -0.4 is 0 Å². The molecule has 0 aliphatic heterocycles. The van der Waals surface area contributed by atoms with Crippen molar-refractivity contribution in [3.05, 3.63) is 0 Å². The van der Waals surface area contributed by atoms with Crippen LogP contribution in [-0.4, -0.2) is 37.7 Å². The number of hydrogen-bond acceptors (Lipinski definition) is 6. The smallest absolute Gasteiger partial charge is 0.371 e. The van der Waals surface area contributed by atoms with E-state index in [1.54, 1.807) is 0 Å². The second kappa shape index (κ2) is 6.02. The Morgan fingerprint density at radius 3 is 1.50 bits per heavy atom. The summed E-state index contributed by atoms with van der Waals surface area (Å²) in [6.45, 7) is -0.478. The number of aldehydes is 2. The molecule has 0 aliphatic rings. The van der Waals surface area contributed by atoms with E-state index in [1.807, 2.05) is 0 Å². The maximum atomic E-state index is 10.1. The monoisotopic (exact) mass is 174 g/mol. The van der Waals surface area contributed by atoms with Crippen LogP contribution in [0, 0.1) is 0 Å². The predicted octanol–water partition coefficient (Wildman–Crippen LogP) is -1.53. The summed E-state index contributed by atoms with van der Waals surface area (Å²) in [6.07, 6.45) is -0.0247. The topological polar surface area (TPSA) is 86.7 Å². The van der Waals surface area contributed by atoms with E-state index in [-0.39, 0.29) is 25.8 Å². The molecule has 0 radical (unpaired) electrons. The van der Waals surface area contributed by atoms with Gasteiger partial charge in [0.25, 0.3) is 0 Å². The van der Waals surface area contributed by atoms with E-state index in [2.05, 4.69) is 9.47 Å². The summed E-state index contributed by atoms with van der Waals surface area (Å²) in [5.74, 6) is -2.09. The first-order valence-electron chi connectivity index (χ1n) is 2.94. The molecule has 0 aromatic rings. The van der Waals surface area contributed by atoms with Gasteiger partial charge >= 0.3 is 11.9 Å². The largest absolute Gasteiger partial charge is 0.457 e. The van der Waals surface area contributed by atoms with Crippen molar-refractivity contribution in [3.8, 4) is 0 Å². The van der Waals surface area contributed by atoms with Crippen molar-refractivity contribution in [2.24, 2.45) is 0 Å². The highest BCUT2D eigenvalue weighted by Gasteiger charge is 2.01. The Labute approximate surface area is 67.4 Å². The lowest BCUT2D eigenvalue weighted by atomic mass is 10.7. The van der Waals surface area contributed by atoms with Gasteiger partial charge in [0.15, 0.2) is 0 Å². The van der Waals surface area contributed by atoms with E-state index in [9.17, 15) is 19.2 Å². The number of rotatable bonds is 5. The molecule has 0 N–H and O–H groups in total. The molecule has 0 aliphatic carbocycles. The van der Waals surface area contributed by atoms with Crippen LogP contribution in [0.1, 0.15) is 0 Å². The fourth-order valence-electron chi connectivity index (χ4n) is 0.353. The zero-order valence-electron chi connectivity index (χ0n) is 6.02. The summed E-state index contributed by atoms with van der Waals surface area (Å²) in [4.78, 5) is 39.6. The Hall–Kier alpha value is -1.72. The van der Waals surface area contributed by atoms with E-state index >= 15 is 0 Å². The summed E-state index contributed by atoms with van der Waals surface area (Å²) in [5.41, 5.74) is 0. The van der Waals surface area contributed by atoms with Gasteiger partial charge in [-0.1, -0.05) is 0 Å². The summed E-state index contributed by atoms with van der Waals surface area (Å²) in [5, 5.41) is 0. The lowest BCUT2D eigenvalue weighted by molar-refractivity contribution is -0.155. The molecule has 6 heteroatoms. The summed E-state index contributed by atoms with van der Waals surface area (Å²) in [7, 11) is 0. The quantitative estimate of drug-likeness (QED) is 0.217. The van der Waals surface area contributed by atoms with Gasteiger partial charge in [-0.25, -0.2) is 9.59 Å². The fourth-order valence-corrected chi connectivity index (χ4v) is 0.353. The number of carbonyl (C=O) groups excluding carboxylic acids is 4. The first-order valence-corrected chi connectivity index (χ1v) is 2.94. The van der Waals surface area contributed by atoms with Crippen LogP contribution >= 0.6 is 0 Å². The fraction of sp³-hybridized carbons (Fsp3) is 0.333. The van der Waals surface area contributed by atoms with E-state index < -0.39 is 11.9 Å². The van der Waals surface area contributed by atoms with Gasteiger partial charge in [-0.3, -0.25) is 9.59 Å². The van der Waals surface area contributed by atoms with Gasteiger partial charge in [0.1, 0.15) is 13.2 Å². The van der Waals surface area contributed by atoms with Crippen LogP contribution in [0.2, 0.25) is 0 Å². The van der Waals surface area contributed by atoms with E-state index in [1.165, 1.54) is 0 Å². The molecule has 0 amide bonds. The average Bonchev–Trinajstić information content (AvgIpc) is 2.11.